The highest BCUT2D eigenvalue weighted by molar-refractivity contribution is 7.99. The fourth-order valence-corrected chi connectivity index (χ4v) is 3.83. The summed E-state index contributed by atoms with van der Waals surface area (Å²) in [5.74, 6) is -0.150. The van der Waals surface area contributed by atoms with Gasteiger partial charge in [-0.1, -0.05) is 24.6 Å². The van der Waals surface area contributed by atoms with Crippen LogP contribution in [0.3, 0.4) is 0 Å². The van der Waals surface area contributed by atoms with Gasteiger partial charge in [-0.2, -0.15) is 0 Å². The molecule has 0 saturated heterocycles. The largest absolute Gasteiger partial charge is 0.481 e. The van der Waals surface area contributed by atoms with E-state index in [4.69, 9.17) is 5.11 Å². The topological polar surface area (TPSA) is 72.2 Å². The van der Waals surface area contributed by atoms with E-state index < -0.39 is 5.97 Å². The smallest absolute Gasteiger partial charge is 0.313 e. The number of carbonyl (C=O) groups is 1. The van der Waals surface area contributed by atoms with Crippen LogP contribution in [0.2, 0.25) is 0 Å². The number of thioether (sulfide) groups is 1. The van der Waals surface area contributed by atoms with Gasteiger partial charge in [0.1, 0.15) is 4.70 Å². The van der Waals surface area contributed by atoms with Crippen LogP contribution in [0.4, 0.5) is 0 Å². The number of carboxylic acids is 1. The van der Waals surface area contributed by atoms with Crippen LogP contribution in [-0.4, -0.2) is 26.4 Å². The third-order valence-corrected chi connectivity index (χ3v) is 5.40. The first kappa shape index (κ1) is 14.6. The lowest BCUT2D eigenvalue weighted by atomic mass is 10.2. The van der Waals surface area contributed by atoms with Crippen LogP contribution < -0.4 is 5.56 Å². The molecule has 0 bridgehead atoms. The molecule has 0 aromatic carbocycles. The van der Waals surface area contributed by atoms with Gasteiger partial charge in [0, 0.05) is 6.54 Å². The van der Waals surface area contributed by atoms with E-state index in [2.05, 4.69) is 4.98 Å². The minimum absolute atomic E-state index is 0.0429. The molecule has 1 saturated carbocycles. The van der Waals surface area contributed by atoms with Gasteiger partial charge in [0.2, 0.25) is 0 Å². The van der Waals surface area contributed by atoms with Gasteiger partial charge >= 0.3 is 5.97 Å². The number of thiophene rings is 1. The Morgan fingerprint density at radius 3 is 3.05 bits per heavy atom. The molecule has 1 aliphatic rings. The zero-order valence-electron chi connectivity index (χ0n) is 11.4. The number of carboxylic acid groups (broad SMARTS) is 1. The van der Waals surface area contributed by atoms with Crippen LogP contribution >= 0.6 is 23.1 Å². The molecule has 21 heavy (non-hydrogen) atoms. The number of rotatable bonds is 7. The summed E-state index contributed by atoms with van der Waals surface area (Å²) in [5.41, 5.74) is 0.620. The monoisotopic (exact) mass is 324 g/mol. The molecule has 1 fully saturated rings. The second-order valence-electron chi connectivity index (χ2n) is 5.25. The van der Waals surface area contributed by atoms with Crippen molar-refractivity contribution in [3.63, 3.8) is 0 Å². The summed E-state index contributed by atoms with van der Waals surface area (Å²) in [6.07, 6.45) is 4.69. The summed E-state index contributed by atoms with van der Waals surface area (Å²) in [6.45, 7) is 0.623. The first-order chi connectivity index (χ1) is 10.1. The lowest BCUT2D eigenvalue weighted by Gasteiger charge is -2.11. The summed E-state index contributed by atoms with van der Waals surface area (Å²) in [6, 6.07) is 1.81. The summed E-state index contributed by atoms with van der Waals surface area (Å²) in [7, 11) is 0. The van der Waals surface area contributed by atoms with E-state index in [1.807, 2.05) is 5.38 Å². The molecule has 0 amide bonds. The standard InChI is InChI=1S/C14H16N2O3S2/c17-11(18)8-21-14-15-10-5-7-20-12(10)13(19)16(14)6-1-2-9-3-4-9/h5,7,9H,1-4,6,8H2,(H,17,18). The predicted octanol–water partition coefficient (Wildman–Crippen LogP) is 2.82. The number of nitrogens with zero attached hydrogens (tertiary/aromatic N) is 2. The molecule has 0 atom stereocenters. The van der Waals surface area contributed by atoms with Gasteiger partial charge in [-0.05, 0) is 30.2 Å². The SMILES string of the molecule is O=C(O)CSc1nc2ccsc2c(=O)n1CCCC1CC1. The molecular weight excluding hydrogens is 308 g/mol. The summed E-state index contributed by atoms with van der Waals surface area (Å²) >= 11 is 2.51. The average Bonchev–Trinajstić information content (AvgIpc) is 3.15. The zero-order valence-corrected chi connectivity index (χ0v) is 13.1. The van der Waals surface area contributed by atoms with Crippen LogP contribution in [0, 0.1) is 5.92 Å². The van der Waals surface area contributed by atoms with Crippen LogP contribution in [0.25, 0.3) is 10.2 Å². The van der Waals surface area contributed by atoms with Crippen molar-refractivity contribution >= 4 is 39.3 Å². The van der Waals surface area contributed by atoms with E-state index in [1.54, 1.807) is 10.6 Å². The lowest BCUT2D eigenvalue weighted by molar-refractivity contribution is -0.133. The molecule has 1 aliphatic carbocycles. The van der Waals surface area contributed by atoms with Crippen molar-refractivity contribution in [3.8, 4) is 0 Å². The first-order valence-corrected chi connectivity index (χ1v) is 8.84. The Morgan fingerprint density at radius 1 is 1.52 bits per heavy atom. The molecule has 2 heterocycles. The van der Waals surface area contributed by atoms with Crippen LogP contribution in [0.15, 0.2) is 21.4 Å². The number of hydrogen-bond acceptors (Lipinski definition) is 5. The molecule has 7 heteroatoms. The van der Waals surface area contributed by atoms with E-state index >= 15 is 0 Å². The summed E-state index contributed by atoms with van der Waals surface area (Å²) < 4.78 is 2.30. The van der Waals surface area contributed by atoms with Gasteiger partial charge in [-0.3, -0.25) is 14.2 Å². The number of hydrogen-bond donors (Lipinski definition) is 1. The predicted molar refractivity (Wildman–Crippen MR) is 84.2 cm³/mol. The highest BCUT2D eigenvalue weighted by Crippen LogP contribution is 2.33. The van der Waals surface area contributed by atoms with Crippen molar-refractivity contribution in [1.29, 1.82) is 0 Å². The fraction of sp³-hybridized carbons (Fsp3) is 0.500. The Kier molecular flexibility index (Phi) is 4.30. The van der Waals surface area contributed by atoms with E-state index in [0.29, 0.717) is 21.9 Å². The second-order valence-corrected chi connectivity index (χ2v) is 7.11. The highest BCUT2D eigenvalue weighted by atomic mass is 32.2. The molecule has 112 valence electrons. The molecular formula is C14H16N2O3S2. The molecule has 0 radical (unpaired) electrons. The second kappa shape index (κ2) is 6.19. The van der Waals surface area contributed by atoms with Gasteiger partial charge in [-0.25, -0.2) is 4.98 Å². The molecule has 2 aromatic heterocycles. The molecule has 5 nitrogen and oxygen atoms in total. The Labute approximate surface area is 130 Å². The fourth-order valence-electron chi connectivity index (χ4n) is 2.30. The molecule has 1 N–H and O–H groups in total. The third kappa shape index (κ3) is 3.47. The lowest BCUT2D eigenvalue weighted by Crippen LogP contribution is -2.23. The molecule has 2 aromatic rings. The van der Waals surface area contributed by atoms with E-state index in [0.717, 1.165) is 30.5 Å². The minimum atomic E-state index is -0.899. The number of aliphatic carboxylic acids is 1. The Balaban J connectivity index is 1.87. The van der Waals surface area contributed by atoms with Crippen molar-refractivity contribution < 1.29 is 9.90 Å². The van der Waals surface area contributed by atoms with Gasteiger partial charge in [0.05, 0.1) is 11.3 Å². The van der Waals surface area contributed by atoms with Crippen LogP contribution in [0.1, 0.15) is 25.7 Å². The number of fused-ring (bicyclic) bond motifs is 1. The van der Waals surface area contributed by atoms with Gasteiger partial charge in [-0.15, -0.1) is 11.3 Å². The number of aromatic nitrogens is 2. The maximum Gasteiger partial charge on any atom is 0.313 e. The van der Waals surface area contributed by atoms with Crippen LogP contribution in [0.5, 0.6) is 0 Å². The Bertz CT molecular complexity index is 719. The molecule has 0 aliphatic heterocycles. The average molecular weight is 324 g/mol. The molecule has 0 unspecified atom stereocenters. The van der Waals surface area contributed by atoms with Crippen molar-refractivity contribution in [2.24, 2.45) is 5.92 Å². The third-order valence-electron chi connectivity index (χ3n) is 3.55. The van der Waals surface area contributed by atoms with Gasteiger partial charge in [0.25, 0.3) is 5.56 Å². The van der Waals surface area contributed by atoms with E-state index in [-0.39, 0.29) is 11.3 Å². The van der Waals surface area contributed by atoms with Crippen molar-refractivity contribution in [1.82, 2.24) is 9.55 Å². The normalized spacial score (nSPS) is 14.7. The van der Waals surface area contributed by atoms with Gasteiger partial charge in [0.15, 0.2) is 5.16 Å². The maximum absolute atomic E-state index is 12.5. The molecule has 3 rings (SSSR count). The van der Waals surface area contributed by atoms with Crippen LogP contribution in [-0.2, 0) is 11.3 Å². The summed E-state index contributed by atoms with van der Waals surface area (Å²) in [5, 5.41) is 11.2. The maximum atomic E-state index is 12.5. The van der Waals surface area contributed by atoms with Gasteiger partial charge < -0.3 is 5.11 Å². The molecule has 0 spiro atoms. The van der Waals surface area contributed by atoms with E-state index in [9.17, 15) is 9.59 Å². The Hall–Kier alpha value is -1.34. The van der Waals surface area contributed by atoms with Crippen molar-refractivity contribution in [2.45, 2.75) is 37.4 Å². The van der Waals surface area contributed by atoms with Crippen molar-refractivity contribution in [3.05, 3.63) is 21.8 Å². The quantitative estimate of drug-likeness (QED) is 0.626. The summed E-state index contributed by atoms with van der Waals surface area (Å²) in [4.78, 5) is 27.7. The van der Waals surface area contributed by atoms with Crippen molar-refractivity contribution in [2.75, 3.05) is 5.75 Å². The first-order valence-electron chi connectivity index (χ1n) is 6.98. The minimum Gasteiger partial charge on any atom is -0.481 e. The Morgan fingerprint density at radius 2 is 2.33 bits per heavy atom. The zero-order chi connectivity index (χ0) is 14.8. The van der Waals surface area contributed by atoms with E-state index in [1.165, 1.54) is 24.2 Å². The highest BCUT2D eigenvalue weighted by Gasteiger charge is 2.21.